The molecule has 0 unspecified atom stereocenters. The third-order valence-corrected chi connectivity index (χ3v) is 4.61. The van der Waals surface area contributed by atoms with Crippen molar-refractivity contribution in [2.75, 3.05) is 18.1 Å². The molecule has 0 bridgehead atoms. The number of hydrogen-bond donors (Lipinski definition) is 0. The summed E-state index contributed by atoms with van der Waals surface area (Å²) in [6.07, 6.45) is 1.25. The van der Waals surface area contributed by atoms with Crippen LogP contribution in [0.1, 0.15) is 28.9 Å². The molecule has 0 N–H and O–H groups in total. The highest BCUT2D eigenvalue weighted by Crippen LogP contribution is 2.25. The van der Waals surface area contributed by atoms with Crippen LogP contribution in [-0.4, -0.2) is 35.8 Å². The van der Waals surface area contributed by atoms with Crippen molar-refractivity contribution in [3.63, 3.8) is 0 Å². The minimum Gasteiger partial charge on any atom is -0.457 e. The average molecular weight is 362 g/mol. The van der Waals surface area contributed by atoms with Crippen molar-refractivity contribution >= 4 is 34.1 Å². The lowest BCUT2D eigenvalue weighted by Gasteiger charge is -2.10. The summed E-state index contributed by atoms with van der Waals surface area (Å²) in [7, 11) is 0. The number of anilines is 1. The largest absolute Gasteiger partial charge is 0.457 e. The smallest absolute Gasteiger partial charge is 0.312 e. The number of aromatic nitrogens is 1. The monoisotopic (exact) mass is 362 g/mol. The molecule has 0 spiro atoms. The molecule has 0 aliphatic carbocycles. The minimum absolute atomic E-state index is 0.0355. The predicted octanol–water partition coefficient (Wildman–Crippen LogP) is 2.38. The molecule has 1 saturated heterocycles. The van der Waals surface area contributed by atoms with Crippen molar-refractivity contribution in [2.24, 2.45) is 0 Å². The topological polar surface area (TPSA) is 76.6 Å². The summed E-state index contributed by atoms with van der Waals surface area (Å²) in [4.78, 5) is 41.3. The number of Topliss-reactive ketones (excluding diaryl/α,β-unsaturated/α-hetero) is 1. The number of esters is 1. The van der Waals surface area contributed by atoms with Crippen LogP contribution in [0.5, 0.6) is 0 Å². The summed E-state index contributed by atoms with van der Waals surface area (Å²) < 4.78 is 17.8. The van der Waals surface area contributed by atoms with E-state index in [4.69, 9.17) is 4.74 Å². The van der Waals surface area contributed by atoms with E-state index in [9.17, 15) is 18.8 Å². The van der Waals surface area contributed by atoms with Crippen LogP contribution in [0.4, 0.5) is 9.52 Å². The first-order chi connectivity index (χ1) is 12.0. The number of ketones is 1. The van der Waals surface area contributed by atoms with E-state index in [0.29, 0.717) is 23.8 Å². The standard InChI is InChI=1S/C17H15FN2O4S/c18-12-5-3-11(4-6-12)14(21)9-24-16(23)8-13-10-25-17(19-13)20-7-1-2-15(20)22/h3-6,10H,1-2,7-9H2. The minimum atomic E-state index is -0.583. The molecule has 0 radical (unpaired) electrons. The first-order valence-corrected chi connectivity index (χ1v) is 8.60. The second-order valence-electron chi connectivity index (χ2n) is 5.54. The van der Waals surface area contributed by atoms with Crippen molar-refractivity contribution in [2.45, 2.75) is 19.3 Å². The number of carbonyl (C=O) groups excluding carboxylic acids is 3. The van der Waals surface area contributed by atoms with E-state index in [1.165, 1.54) is 35.6 Å². The maximum atomic E-state index is 12.8. The first-order valence-electron chi connectivity index (χ1n) is 7.72. The second-order valence-corrected chi connectivity index (χ2v) is 6.37. The van der Waals surface area contributed by atoms with Gasteiger partial charge in [0.15, 0.2) is 17.5 Å². The molecule has 130 valence electrons. The molecule has 6 nitrogen and oxygen atoms in total. The normalized spacial score (nSPS) is 14.0. The van der Waals surface area contributed by atoms with Crippen LogP contribution in [0, 0.1) is 5.82 Å². The van der Waals surface area contributed by atoms with Crippen LogP contribution < -0.4 is 4.90 Å². The number of thiazole rings is 1. The summed E-state index contributed by atoms with van der Waals surface area (Å²) in [5.41, 5.74) is 0.775. The molecular weight excluding hydrogens is 347 g/mol. The van der Waals surface area contributed by atoms with Crippen LogP contribution in [0.15, 0.2) is 29.6 Å². The Hall–Kier alpha value is -2.61. The van der Waals surface area contributed by atoms with E-state index in [-0.39, 0.29) is 17.9 Å². The molecule has 1 aliphatic rings. The van der Waals surface area contributed by atoms with Crippen LogP contribution in [-0.2, 0) is 20.7 Å². The zero-order chi connectivity index (χ0) is 17.8. The number of halogens is 1. The van der Waals surface area contributed by atoms with Crippen molar-refractivity contribution in [3.05, 3.63) is 46.7 Å². The first kappa shape index (κ1) is 17.2. The van der Waals surface area contributed by atoms with E-state index in [2.05, 4.69) is 4.98 Å². The summed E-state index contributed by atoms with van der Waals surface area (Å²) >= 11 is 1.30. The molecule has 25 heavy (non-hydrogen) atoms. The van der Waals surface area contributed by atoms with Crippen LogP contribution in [0.2, 0.25) is 0 Å². The molecule has 3 rings (SSSR count). The average Bonchev–Trinajstić information content (AvgIpc) is 3.22. The Morgan fingerprint density at radius 1 is 1.28 bits per heavy atom. The molecule has 1 fully saturated rings. The zero-order valence-corrected chi connectivity index (χ0v) is 14.1. The Labute approximate surface area is 147 Å². The number of hydrogen-bond acceptors (Lipinski definition) is 6. The van der Waals surface area contributed by atoms with E-state index in [0.717, 1.165) is 6.42 Å². The van der Waals surface area contributed by atoms with Gasteiger partial charge in [-0.15, -0.1) is 11.3 Å². The molecule has 2 aromatic rings. The quantitative estimate of drug-likeness (QED) is 0.582. The van der Waals surface area contributed by atoms with Gasteiger partial charge >= 0.3 is 5.97 Å². The van der Waals surface area contributed by atoms with Gasteiger partial charge in [-0.3, -0.25) is 19.3 Å². The molecule has 1 amide bonds. The number of ether oxygens (including phenoxy) is 1. The number of nitrogens with zero attached hydrogens (tertiary/aromatic N) is 2. The summed E-state index contributed by atoms with van der Waals surface area (Å²) in [6.45, 7) is 0.231. The predicted molar refractivity (Wildman–Crippen MR) is 89.1 cm³/mol. The third kappa shape index (κ3) is 4.27. The second kappa shape index (κ2) is 7.52. The van der Waals surface area contributed by atoms with Gasteiger partial charge in [0.05, 0.1) is 12.1 Å². The van der Waals surface area contributed by atoms with E-state index in [1.54, 1.807) is 10.3 Å². The van der Waals surface area contributed by atoms with Gasteiger partial charge in [0, 0.05) is 23.9 Å². The van der Waals surface area contributed by atoms with Crippen LogP contribution >= 0.6 is 11.3 Å². The van der Waals surface area contributed by atoms with Gasteiger partial charge in [0.1, 0.15) is 5.82 Å². The maximum absolute atomic E-state index is 12.8. The van der Waals surface area contributed by atoms with Gasteiger partial charge in [-0.1, -0.05) is 0 Å². The lowest BCUT2D eigenvalue weighted by molar-refractivity contribution is -0.141. The van der Waals surface area contributed by atoms with Gasteiger partial charge in [-0.25, -0.2) is 9.37 Å². The fourth-order valence-corrected chi connectivity index (χ4v) is 3.28. The fraction of sp³-hybridized carbons (Fsp3) is 0.294. The van der Waals surface area contributed by atoms with Gasteiger partial charge in [-0.05, 0) is 30.7 Å². The molecule has 0 atom stereocenters. The number of benzene rings is 1. The maximum Gasteiger partial charge on any atom is 0.312 e. The van der Waals surface area contributed by atoms with Crippen molar-refractivity contribution in [1.29, 1.82) is 0 Å². The molecule has 1 aromatic heterocycles. The highest BCUT2D eigenvalue weighted by molar-refractivity contribution is 7.14. The highest BCUT2D eigenvalue weighted by atomic mass is 32.1. The van der Waals surface area contributed by atoms with Crippen molar-refractivity contribution < 1.29 is 23.5 Å². The Balaban J connectivity index is 1.51. The zero-order valence-electron chi connectivity index (χ0n) is 13.2. The molecule has 8 heteroatoms. The van der Waals surface area contributed by atoms with Crippen LogP contribution in [0.3, 0.4) is 0 Å². The number of carbonyl (C=O) groups is 3. The Bertz CT molecular complexity index is 803. The summed E-state index contributed by atoms with van der Waals surface area (Å²) in [6, 6.07) is 5.02. The number of rotatable bonds is 6. The number of amides is 1. The van der Waals surface area contributed by atoms with E-state index in [1.807, 2.05) is 0 Å². The van der Waals surface area contributed by atoms with Gasteiger partial charge < -0.3 is 4.74 Å². The lowest BCUT2D eigenvalue weighted by Crippen LogP contribution is -2.23. The molecule has 1 aromatic carbocycles. The molecular formula is C17H15FN2O4S. The fourth-order valence-electron chi connectivity index (χ4n) is 2.42. The van der Waals surface area contributed by atoms with E-state index < -0.39 is 24.2 Å². The van der Waals surface area contributed by atoms with Crippen molar-refractivity contribution in [1.82, 2.24) is 4.98 Å². The van der Waals surface area contributed by atoms with Gasteiger partial charge in [0.2, 0.25) is 5.91 Å². The molecule has 0 saturated carbocycles. The lowest BCUT2D eigenvalue weighted by atomic mass is 10.1. The van der Waals surface area contributed by atoms with E-state index >= 15 is 0 Å². The van der Waals surface area contributed by atoms with Gasteiger partial charge in [-0.2, -0.15) is 0 Å². The van der Waals surface area contributed by atoms with Crippen LogP contribution in [0.25, 0.3) is 0 Å². The summed E-state index contributed by atoms with van der Waals surface area (Å²) in [5, 5.41) is 2.27. The highest BCUT2D eigenvalue weighted by Gasteiger charge is 2.24. The summed E-state index contributed by atoms with van der Waals surface area (Å²) in [5.74, 6) is -1.40. The Kier molecular flexibility index (Phi) is 5.18. The van der Waals surface area contributed by atoms with Gasteiger partial charge in [0.25, 0.3) is 0 Å². The molecule has 1 aliphatic heterocycles. The Morgan fingerprint density at radius 2 is 2.04 bits per heavy atom. The van der Waals surface area contributed by atoms with Crippen molar-refractivity contribution in [3.8, 4) is 0 Å². The SMILES string of the molecule is O=C(Cc1csc(N2CCCC2=O)n1)OCC(=O)c1ccc(F)cc1. The Morgan fingerprint density at radius 3 is 2.72 bits per heavy atom. The molecule has 2 heterocycles. The third-order valence-electron chi connectivity index (χ3n) is 3.70.